The van der Waals surface area contributed by atoms with Crippen LogP contribution in [0.4, 0.5) is 5.69 Å². The molecule has 1 unspecified atom stereocenters. The van der Waals surface area contributed by atoms with Crippen molar-refractivity contribution in [3.8, 4) is 5.75 Å². The van der Waals surface area contributed by atoms with Crippen LogP contribution in [-0.2, 0) is 4.79 Å². The number of amides is 1. The molecule has 0 fully saturated rings. The van der Waals surface area contributed by atoms with Gasteiger partial charge in [0.15, 0.2) is 6.61 Å². The minimum absolute atomic E-state index is 0.0797. The number of hydrogen-bond acceptors (Lipinski definition) is 3. The number of nitrogens with two attached hydrogens (primary N) is 1. The van der Waals surface area contributed by atoms with Crippen LogP contribution in [0.1, 0.15) is 18.5 Å². The number of ether oxygens (including phenoxy) is 1. The van der Waals surface area contributed by atoms with E-state index in [1.165, 1.54) is 0 Å². The zero-order valence-electron chi connectivity index (χ0n) is 11.7. The van der Waals surface area contributed by atoms with Gasteiger partial charge in [-0.15, -0.1) is 0 Å². The summed E-state index contributed by atoms with van der Waals surface area (Å²) in [6.07, 6.45) is 0. The first kappa shape index (κ1) is 15.2. The zero-order chi connectivity index (χ0) is 15.2. The number of rotatable bonds is 6. The number of carbonyl (C=O) groups excluding carboxylic acids is 1. The second kappa shape index (κ2) is 6.99. The monoisotopic (exact) mass is 304 g/mol. The average molecular weight is 305 g/mol. The van der Waals surface area contributed by atoms with Crippen LogP contribution in [-0.4, -0.2) is 12.5 Å². The first-order valence-electron chi connectivity index (χ1n) is 6.58. The van der Waals surface area contributed by atoms with Crippen LogP contribution < -0.4 is 15.8 Å². The lowest BCUT2D eigenvalue weighted by molar-refractivity contribution is -0.119. The maximum absolute atomic E-state index is 10.6. The third kappa shape index (κ3) is 4.39. The van der Waals surface area contributed by atoms with Crippen molar-refractivity contribution in [2.75, 3.05) is 11.9 Å². The highest BCUT2D eigenvalue weighted by molar-refractivity contribution is 6.31. The van der Waals surface area contributed by atoms with Crippen molar-refractivity contribution in [1.29, 1.82) is 0 Å². The van der Waals surface area contributed by atoms with Gasteiger partial charge < -0.3 is 15.8 Å². The molecule has 0 aromatic heterocycles. The second-order valence-corrected chi connectivity index (χ2v) is 5.07. The van der Waals surface area contributed by atoms with E-state index in [1.807, 2.05) is 43.3 Å². The van der Waals surface area contributed by atoms with Crippen LogP contribution in [0.3, 0.4) is 0 Å². The highest BCUT2D eigenvalue weighted by atomic mass is 35.5. The molecule has 2 aromatic rings. The maximum Gasteiger partial charge on any atom is 0.255 e. The molecule has 3 N–H and O–H groups in total. The van der Waals surface area contributed by atoms with Crippen LogP contribution >= 0.6 is 11.6 Å². The fourth-order valence-corrected chi connectivity index (χ4v) is 2.26. The van der Waals surface area contributed by atoms with Gasteiger partial charge in [-0.2, -0.15) is 0 Å². The van der Waals surface area contributed by atoms with Crippen LogP contribution in [0.5, 0.6) is 5.75 Å². The van der Waals surface area contributed by atoms with Crippen molar-refractivity contribution in [3.63, 3.8) is 0 Å². The van der Waals surface area contributed by atoms with Gasteiger partial charge >= 0.3 is 0 Å². The Labute approximate surface area is 128 Å². The van der Waals surface area contributed by atoms with E-state index in [9.17, 15) is 4.79 Å². The number of hydrogen-bond donors (Lipinski definition) is 2. The van der Waals surface area contributed by atoms with E-state index < -0.39 is 5.91 Å². The molecule has 1 amide bonds. The Bertz CT molecular complexity index is 614. The quantitative estimate of drug-likeness (QED) is 0.860. The van der Waals surface area contributed by atoms with Gasteiger partial charge in [0.25, 0.3) is 5.91 Å². The predicted molar refractivity (Wildman–Crippen MR) is 84.6 cm³/mol. The summed E-state index contributed by atoms with van der Waals surface area (Å²) in [5.41, 5.74) is 7.00. The van der Waals surface area contributed by atoms with Gasteiger partial charge in [-0.05, 0) is 42.8 Å². The number of halogens is 1. The molecule has 1 atom stereocenters. The average Bonchev–Trinajstić information content (AvgIpc) is 2.47. The number of nitrogens with one attached hydrogen (secondary N) is 1. The van der Waals surface area contributed by atoms with Crippen molar-refractivity contribution in [2.45, 2.75) is 13.0 Å². The predicted octanol–water partition coefficient (Wildman–Crippen LogP) is 3.38. The lowest BCUT2D eigenvalue weighted by atomic mass is 10.1. The Morgan fingerprint density at radius 1 is 1.24 bits per heavy atom. The largest absolute Gasteiger partial charge is 0.484 e. The Morgan fingerprint density at radius 3 is 2.52 bits per heavy atom. The summed E-state index contributed by atoms with van der Waals surface area (Å²) >= 11 is 6.18. The van der Waals surface area contributed by atoms with E-state index >= 15 is 0 Å². The first-order chi connectivity index (χ1) is 10.1. The lowest BCUT2D eigenvalue weighted by Crippen LogP contribution is -2.19. The Balaban J connectivity index is 2.00. The molecule has 0 radical (unpaired) electrons. The van der Waals surface area contributed by atoms with Gasteiger partial charge in [0.05, 0.1) is 0 Å². The first-order valence-corrected chi connectivity index (χ1v) is 6.96. The van der Waals surface area contributed by atoms with E-state index in [4.69, 9.17) is 22.1 Å². The molecule has 21 heavy (non-hydrogen) atoms. The summed E-state index contributed by atoms with van der Waals surface area (Å²) in [4.78, 5) is 10.6. The van der Waals surface area contributed by atoms with Crippen LogP contribution in [0.25, 0.3) is 0 Å². The number of anilines is 1. The van der Waals surface area contributed by atoms with E-state index in [-0.39, 0.29) is 12.6 Å². The van der Waals surface area contributed by atoms with Crippen molar-refractivity contribution < 1.29 is 9.53 Å². The van der Waals surface area contributed by atoms with Gasteiger partial charge in [-0.3, -0.25) is 4.79 Å². The topological polar surface area (TPSA) is 64.3 Å². The molecule has 0 saturated carbocycles. The zero-order valence-corrected chi connectivity index (χ0v) is 12.4. The standard InChI is InChI=1S/C16H17ClN2O2/c1-11(14-4-2-3-5-15(14)17)19-12-6-8-13(9-7-12)21-10-16(18)20/h2-9,11,19H,10H2,1H3,(H2,18,20). The summed E-state index contributed by atoms with van der Waals surface area (Å²) in [5.74, 6) is 0.106. The van der Waals surface area contributed by atoms with Crippen molar-refractivity contribution in [2.24, 2.45) is 5.73 Å². The molecule has 0 aliphatic rings. The summed E-state index contributed by atoms with van der Waals surface area (Å²) < 4.78 is 5.21. The van der Waals surface area contributed by atoms with Gasteiger partial charge in [0.1, 0.15) is 5.75 Å². The molecule has 2 aromatic carbocycles. The highest BCUT2D eigenvalue weighted by Gasteiger charge is 2.08. The fourth-order valence-electron chi connectivity index (χ4n) is 1.96. The Morgan fingerprint density at radius 2 is 1.90 bits per heavy atom. The summed E-state index contributed by atoms with van der Waals surface area (Å²) in [6.45, 7) is 1.92. The van der Waals surface area contributed by atoms with Crippen molar-refractivity contribution >= 4 is 23.2 Å². The molecule has 0 heterocycles. The van der Waals surface area contributed by atoms with E-state index in [2.05, 4.69) is 5.32 Å². The molecule has 110 valence electrons. The number of primary amides is 1. The molecule has 4 nitrogen and oxygen atoms in total. The molecule has 0 saturated heterocycles. The van der Waals surface area contributed by atoms with Gasteiger partial charge in [-0.25, -0.2) is 0 Å². The van der Waals surface area contributed by atoms with Crippen LogP contribution in [0, 0.1) is 0 Å². The summed E-state index contributed by atoms with van der Waals surface area (Å²) in [5, 5.41) is 4.09. The third-order valence-electron chi connectivity index (χ3n) is 2.99. The molecular weight excluding hydrogens is 288 g/mol. The normalized spacial score (nSPS) is 11.7. The van der Waals surface area contributed by atoms with Crippen molar-refractivity contribution in [1.82, 2.24) is 0 Å². The van der Waals surface area contributed by atoms with Crippen LogP contribution in [0.15, 0.2) is 48.5 Å². The Kier molecular flexibility index (Phi) is 5.06. The molecule has 2 rings (SSSR count). The van der Waals surface area contributed by atoms with E-state index in [0.29, 0.717) is 5.75 Å². The molecule has 5 heteroatoms. The van der Waals surface area contributed by atoms with E-state index in [1.54, 1.807) is 12.1 Å². The van der Waals surface area contributed by atoms with Crippen LogP contribution in [0.2, 0.25) is 5.02 Å². The second-order valence-electron chi connectivity index (χ2n) is 4.67. The minimum Gasteiger partial charge on any atom is -0.484 e. The lowest BCUT2D eigenvalue weighted by Gasteiger charge is -2.17. The fraction of sp³-hybridized carbons (Fsp3) is 0.188. The molecule has 0 bridgehead atoms. The minimum atomic E-state index is -0.496. The smallest absolute Gasteiger partial charge is 0.255 e. The summed E-state index contributed by atoms with van der Waals surface area (Å²) in [6, 6.07) is 15.1. The molecule has 0 aliphatic carbocycles. The van der Waals surface area contributed by atoms with Gasteiger partial charge in [0, 0.05) is 16.8 Å². The van der Waals surface area contributed by atoms with E-state index in [0.717, 1.165) is 16.3 Å². The van der Waals surface area contributed by atoms with Gasteiger partial charge in [0.2, 0.25) is 0 Å². The Hall–Kier alpha value is -2.20. The summed E-state index contributed by atoms with van der Waals surface area (Å²) in [7, 11) is 0. The molecule has 0 spiro atoms. The number of carbonyl (C=O) groups is 1. The third-order valence-corrected chi connectivity index (χ3v) is 3.33. The maximum atomic E-state index is 10.6. The van der Waals surface area contributed by atoms with Gasteiger partial charge in [-0.1, -0.05) is 29.8 Å². The SMILES string of the molecule is CC(Nc1ccc(OCC(N)=O)cc1)c1ccccc1Cl. The number of benzene rings is 2. The highest BCUT2D eigenvalue weighted by Crippen LogP contribution is 2.26. The van der Waals surface area contributed by atoms with Crippen molar-refractivity contribution in [3.05, 3.63) is 59.1 Å². The molecule has 0 aliphatic heterocycles. The molecular formula is C16H17ClN2O2.